The zero-order chi connectivity index (χ0) is 13.8. The molecule has 0 saturated carbocycles. The topological polar surface area (TPSA) is 26.0 Å². The highest BCUT2D eigenvalue weighted by atomic mass is 35.5. The van der Waals surface area contributed by atoms with E-state index in [1.165, 1.54) is 15.4 Å². The van der Waals surface area contributed by atoms with E-state index < -0.39 is 0 Å². The number of benzene rings is 2. The van der Waals surface area contributed by atoms with Gasteiger partial charge in [-0.2, -0.15) is 0 Å². The summed E-state index contributed by atoms with van der Waals surface area (Å²) in [7, 11) is 0. The Kier molecular flexibility index (Phi) is 4.92. The van der Waals surface area contributed by atoms with Gasteiger partial charge in [0.2, 0.25) is 0 Å². The van der Waals surface area contributed by atoms with E-state index in [2.05, 4.69) is 37.3 Å². The van der Waals surface area contributed by atoms with Crippen molar-refractivity contribution >= 4 is 23.4 Å². The summed E-state index contributed by atoms with van der Waals surface area (Å²) in [6.45, 7) is 4.10. The second kappa shape index (κ2) is 6.47. The molecule has 100 valence electrons. The van der Waals surface area contributed by atoms with E-state index in [0.717, 1.165) is 17.0 Å². The van der Waals surface area contributed by atoms with Gasteiger partial charge in [0, 0.05) is 20.9 Å². The van der Waals surface area contributed by atoms with Crippen LogP contribution in [0.15, 0.2) is 52.3 Å². The molecule has 1 nitrogen and oxygen atoms in total. The molecule has 0 saturated heterocycles. The lowest BCUT2D eigenvalue weighted by atomic mass is 10.1. The van der Waals surface area contributed by atoms with Crippen molar-refractivity contribution in [1.82, 2.24) is 0 Å². The Morgan fingerprint density at radius 1 is 1.16 bits per heavy atom. The summed E-state index contributed by atoms with van der Waals surface area (Å²) in [5.41, 5.74) is 8.32. The molecule has 0 bridgehead atoms. The van der Waals surface area contributed by atoms with Gasteiger partial charge in [0.15, 0.2) is 0 Å². The van der Waals surface area contributed by atoms with Crippen LogP contribution in [0.1, 0.15) is 18.1 Å². The predicted octanol–water partition coefficient (Wildman–Crippen LogP) is 4.69. The van der Waals surface area contributed by atoms with Crippen molar-refractivity contribution in [2.75, 3.05) is 0 Å². The number of rotatable bonds is 4. The van der Waals surface area contributed by atoms with Crippen LogP contribution in [-0.2, 0) is 6.42 Å². The van der Waals surface area contributed by atoms with E-state index >= 15 is 0 Å². The van der Waals surface area contributed by atoms with Crippen LogP contribution in [0.4, 0.5) is 0 Å². The Labute approximate surface area is 124 Å². The maximum Gasteiger partial charge on any atom is 0.0449 e. The van der Waals surface area contributed by atoms with Gasteiger partial charge in [-0.05, 0) is 50.1 Å². The van der Waals surface area contributed by atoms with E-state index in [0.29, 0.717) is 0 Å². The minimum atomic E-state index is 0.109. The molecule has 1 atom stereocenters. The molecule has 2 aromatic rings. The summed E-state index contributed by atoms with van der Waals surface area (Å²) >= 11 is 8.04. The molecule has 0 radical (unpaired) electrons. The number of halogens is 1. The maximum atomic E-state index is 6.30. The Hall–Kier alpha value is -0.960. The fraction of sp³-hybridized carbons (Fsp3) is 0.250. The molecule has 0 aliphatic carbocycles. The molecule has 0 amide bonds. The molecule has 0 aromatic heterocycles. The third kappa shape index (κ3) is 4.00. The van der Waals surface area contributed by atoms with E-state index in [-0.39, 0.29) is 6.04 Å². The molecule has 2 aromatic carbocycles. The molecule has 0 aliphatic rings. The van der Waals surface area contributed by atoms with Crippen molar-refractivity contribution in [3.8, 4) is 0 Å². The average molecular weight is 292 g/mol. The Bertz CT molecular complexity index is 549. The first-order valence-electron chi connectivity index (χ1n) is 6.34. The highest BCUT2D eigenvalue weighted by molar-refractivity contribution is 7.99. The Morgan fingerprint density at radius 2 is 1.84 bits per heavy atom. The molecule has 1 unspecified atom stereocenters. The van der Waals surface area contributed by atoms with Crippen molar-refractivity contribution in [1.29, 1.82) is 0 Å². The molecule has 0 heterocycles. The van der Waals surface area contributed by atoms with E-state index in [4.69, 9.17) is 17.3 Å². The average Bonchev–Trinajstić information content (AvgIpc) is 2.36. The lowest BCUT2D eigenvalue weighted by Crippen LogP contribution is -2.18. The molecule has 0 aliphatic heterocycles. The molecule has 19 heavy (non-hydrogen) atoms. The van der Waals surface area contributed by atoms with Crippen LogP contribution < -0.4 is 5.73 Å². The van der Waals surface area contributed by atoms with Crippen LogP contribution in [0.2, 0.25) is 5.02 Å². The summed E-state index contributed by atoms with van der Waals surface area (Å²) in [6, 6.07) is 14.6. The zero-order valence-corrected chi connectivity index (χ0v) is 12.8. The zero-order valence-electron chi connectivity index (χ0n) is 11.2. The third-order valence-corrected chi connectivity index (χ3v) is 4.32. The van der Waals surface area contributed by atoms with Crippen molar-refractivity contribution in [2.24, 2.45) is 5.73 Å². The fourth-order valence-electron chi connectivity index (χ4n) is 1.89. The minimum absolute atomic E-state index is 0.109. The van der Waals surface area contributed by atoms with Gasteiger partial charge < -0.3 is 5.73 Å². The molecular formula is C16H18ClNS. The second-order valence-corrected chi connectivity index (χ2v) is 6.34. The molecular weight excluding hydrogens is 274 g/mol. The number of nitrogens with two attached hydrogens (primary N) is 1. The number of aryl methyl sites for hydroxylation is 1. The second-order valence-electron chi connectivity index (χ2n) is 4.81. The lowest BCUT2D eigenvalue weighted by Gasteiger charge is -2.13. The van der Waals surface area contributed by atoms with Gasteiger partial charge in [0.25, 0.3) is 0 Å². The predicted molar refractivity (Wildman–Crippen MR) is 84.1 cm³/mol. The van der Waals surface area contributed by atoms with Crippen molar-refractivity contribution in [3.63, 3.8) is 0 Å². The normalized spacial score (nSPS) is 12.4. The SMILES string of the molecule is Cc1ccc(Sc2cccc(Cl)c2CC(C)N)cc1. The van der Waals surface area contributed by atoms with Crippen LogP contribution in [0.25, 0.3) is 0 Å². The molecule has 0 fully saturated rings. The first-order valence-corrected chi connectivity index (χ1v) is 7.53. The van der Waals surface area contributed by atoms with Crippen LogP contribution in [-0.4, -0.2) is 6.04 Å². The van der Waals surface area contributed by atoms with E-state index in [1.54, 1.807) is 11.8 Å². The van der Waals surface area contributed by atoms with Crippen LogP contribution in [0.3, 0.4) is 0 Å². The molecule has 0 spiro atoms. The highest BCUT2D eigenvalue weighted by Crippen LogP contribution is 2.34. The van der Waals surface area contributed by atoms with Crippen LogP contribution in [0.5, 0.6) is 0 Å². The van der Waals surface area contributed by atoms with Gasteiger partial charge in [0.1, 0.15) is 0 Å². The first kappa shape index (κ1) is 14.4. The lowest BCUT2D eigenvalue weighted by molar-refractivity contribution is 0.729. The van der Waals surface area contributed by atoms with E-state index in [1.807, 2.05) is 19.1 Å². The van der Waals surface area contributed by atoms with Gasteiger partial charge in [-0.3, -0.25) is 0 Å². The summed E-state index contributed by atoms with van der Waals surface area (Å²) < 4.78 is 0. The quantitative estimate of drug-likeness (QED) is 0.884. The van der Waals surface area contributed by atoms with Crippen molar-refractivity contribution in [2.45, 2.75) is 36.1 Å². The largest absolute Gasteiger partial charge is 0.328 e. The van der Waals surface area contributed by atoms with Gasteiger partial charge in [-0.15, -0.1) is 0 Å². The maximum absolute atomic E-state index is 6.30. The fourth-order valence-corrected chi connectivity index (χ4v) is 3.18. The van der Waals surface area contributed by atoms with Crippen molar-refractivity contribution < 1.29 is 0 Å². The highest BCUT2D eigenvalue weighted by Gasteiger charge is 2.10. The summed E-state index contributed by atoms with van der Waals surface area (Å²) in [4.78, 5) is 2.41. The third-order valence-electron chi connectivity index (χ3n) is 2.85. The Morgan fingerprint density at radius 3 is 2.47 bits per heavy atom. The standard InChI is InChI=1S/C16H18ClNS/c1-11-6-8-13(9-7-11)19-16-5-3-4-15(17)14(16)10-12(2)18/h3-9,12H,10,18H2,1-2H3. The van der Waals surface area contributed by atoms with Gasteiger partial charge >= 0.3 is 0 Å². The van der Waals surface area contributed by atoms with Crippen LogP contribution in [0, 0.1) is 6.92 Å². The summed E-state index contributed by atoms with van der Waals surface area (Å²) in [5, 5.41) is 0.800. The minimum Gasteiger partial charge on any atom is -0.328 e. The smallest absolute Gasteiger partial charge is 0.0449 e. The van der Waals surface area contributed by atoms with Gasteiger partial charge in [-0.1, -0.05) is 47.1 Å². The first-order chi connectivity index (χ1) is 9.06. The van der Waals surface area contributed by atoms with Gasteiger partial charge in [0.05, 0.1) is 0 Å². The number of hydrogen-bond acceptors (Lipinski definition) is 2. The molecule has 3 heteroatoms. The van der Waals surface area contributed by atoms with Crippen LogP contribution >= 0.6 is 23.4 Å². The van der Waals surface area contributed by atoms with Crippen molar-refractivity contribution in [3.05, 3.63) is 58.6 Å². The summed E-state index contributed by atoms with van der Waals surface area (Å²) in [5.74, 6) is 0. The monoisotopic (exact) mass is 291 g/mol. The molecule has 2 N–H and O–H groups in total. The van der Waals surface area contributed by atoms with Gasteiger partial charge in [-0.25, -0.2) is 0 Å². The van der Waals surface area contributed by atoms with E-state index in [9.17, 15) is 0 Å². The Balaban J connectivity index is 2.29. The number of hydrogen-bond donors (Lipinski definition) is 1. The molecule has 2 rings (SSSR count). The summed E-state index contributed by atoms with van der Waals surface area (Å²) in [6.07, 6.45) is 0.799.